The Kier molecular flexibility index (Phi) is 1.15. The van der Waals surface area contributed by atoms with Gasteiger partial charge in [0, 0.05) is 18.8 Å². The number of hydrogen-bond donors (Lipinski definition) is 2. The van der Waals surface area contributed by atoms with Crippen molar-refractivity contribution >= 4 is 6.21 Å². The second-order valence-corrected chi connectivity index (χ2v) is 1.84. The average molecular weight is 112 g/mol. The highest BCUT2D eigenvalue weighted by Crippen LogP contribution is 2.05. The van der Waals surface area contributed by atoms with Gasteiger partial charge in [-0.3, -0.25) is 10.7 Å². The van der Waals surface area contributed by atoms with Crippen molar-refractivity contribution in [1.29, 1.82) is 0 Å². The minimum absolute atomic E-state index is 0.406. The number of aliphatic hydroxyl groups is 1. The van der Waals surface area contributed by atoms with E-state index in [0.29, 0.717) is 6.42 Å². The molecule has 1 aliphatic heterocycles. The molecule has 0 bridgehead atoms. The summed E-state index contributed by atoms with van der Waals surface area (Å²) in [4.78, 5) is 3.73. The fourth-order valence-corrected chi connectivity index (χ4v) is 0.500. The predicted molar refractivity (Wildman–Crippen MR) is 31.4 cm³/mol. The van der Waals surface area contributed by atoms with Gasteiger partial charge < -0.3 is 5.11 Å². The van der Waals surface area contributed by atoms with Crippen LogP contribution in [0, 0.1) is 0 Å². The van der Waals surface area contributed by atoms with E-state index in [1.165, 1.54) is 12.3 Å². The van der Waals surface area contributed by atoms with Gasteiger partial charge in [0.1, 0.15) is 5.72 Å². The first-order chi connectivity index (χ1) is 3.71. The van der Waals surface area contributed by atoms with Gasteiger partial charge in [-0.1, -0.05) is 0 Å². The van der Waals surface area contributed by atoms with Crippen LogP contribution in [0.1, 0.15) is 6.42 Å². The van der Waals surface area contributed by atoms with E-state index >= 15 is 0 Å². The van der Waals surface area contributed by atoms with E-state index in [2.05, 4.69) is 4.99 Å². The Balaban J connectivity index is 2.65. The van der Waals surface area contributed by atoms with Gasteiger partial charge >= 0.3 is 0 Å². The first-order valence-corrected chi connectivity index (χ1v) is 2.41. The molecule has 1 aliphatic rings. The van der Waals surface area contributed by atoms with Crippen molar-refractivity contribution in [3.8, 4) is 0 Å². The number of aliphatic imine (C=N–C) groups is 1. The average Bonchev–Trinajstić information content (AvgIpc) is 1.65. The normalized spacial score (nSPS) is 35.8. The highest BCUT2D eigenvalue weighted by atomic mass is 16.3. The van der Waals surface area contributed by atoms with Crippen molar-refractivity contribution in [1.82, 2.24) is 0 Å². The molecular weight excluding hydrogens is 104 g/mol. The zero-order valence-electron chi connectivity index (χ0n) is 4.41. The molecule has 0 fully saturated rings. The van der Waals surface area contributed by atoms with Crippen LogP contribution in [0.15, 0.2) is 17.3 Å². The van der Waals surface area contributed by atoms with E-state index in [4.69, 9.17) is 10.8 Å². The van der Waals surface area contributed by atoms with Crippen LogP contribution in [0.3, 0.4) is 0 Å². The van der Waals surface area contributed by atoms with Gasteiger partial charge in [0.25, 0.3) is 0 Å². The van der Waals surface area contributed by atoms with E-state index in [0.717, 1.165) is 0 Å². The summed E-state index contributed by atoms with van der Waals surface area (Å²) in [5.41, 5.74) is 4.10. The first-order valence-electron chi connectivity index (χ1n) is 2.41. The Morgan fingerprint density at radius 1 is 1.75 bits per heavy atom. The van der Waals surface area contributed by atoms with Gasteiger partial charge in [0.05, 0.1) is 0 Å². The molecule has 0 spiro atoms. The van der Waals surface area contributed by atoms with Gasteiger partial charge in [0.2, 0.25) is 0 Å². The second kappa shape index (κ2) is 1.69. The van der Waals surface area contributed by atoms with E-state index < -0.39 is 5.72 Å². The topological polar surface area (TPSA) is 58.6 Å². The van der Waals surface area contributed by atoms with Crippen molar-refractivity contribution < 1.29 is 5.11 Å². The molecule has 1 rings (SSSR count). The lowest BCUT2D eigenvalue weighted by molar-refractivity contribution is 0.106. The number of hydrogen-bond acceptors (Lipinski definition) is 3. The third-order valence-corrected chi connectivity index (χ3v) is 0.973. The molecule has 3 nitrogen and oxygen atoms in total. The van der Waals surface area contributed by atoms with Crippen LogP contribution in [0.25, 0.3) is 0 Å². The lowest BCUT2D eigenvalue weighted by Gasteiger charge is -2.16. The molecule has 0 radical (unpaired) electrons. The highest BCUT2D eigenvalue weighted by molar-refractivity contribution is 5.61. The van der Waals surface area contributed by atoms with Gasteiger partial charge in [0.15, 0.2) is 0 Å². The third kappa shape index (κ3) is 1.15. The van der Waals surface area contributed by atoms with Crippen molar-refractivity contribution in [3.63, 3.8) is 0 Å². The number of rotatable bonds is 0. The van der Waals surface area contributed by atoms with Crippen LogP contribution in [-0.4, -0.2) is 17.0 Å². The molecule has 8 heavy (non-hydrogen) atoms. The molecule has 0 aromatic carbocycles. The Bertz CT molecular complexity index is 137. The maximum atomic E-state index is 8.97. The van der Waals surface area contributed by atoms with Crippen LogP contribution in [0.4, 0.5) is 0 Å². The maximum absolute atomic E-state index is 8.97. The highest BCUT2D eigenvalue weighted by Gasteiger charge is 2.15. The monoisotopic (exact) mass is 112 g/mol. The van der Waals surface area contributed by atoms with Crippen LogP contribution in [0.2, 0.25) is 0 Å². The van der Waals surface area contributed by atoms with Gasteiger partial charge in [-0.2, -0.15) is 0 Å². The summed E-state index contributed by atoms with van der Waals surface area (Å²) >= 11 is 0. The fourth-order valence-electron chi connectivity index (χ4n) is 0.500. The molecule has 1 atom stereocenters. The van der Waals surface area contributed by atoms with Crippen LogP contribution in [0.5, 0.6) is 0 Å². The molecule has 0 amide bonds. The van der Waals surface area contributed by atoms with E-state index in [1.54, 1.807) is 6.21 Å². The molecule has 1 unspecified atom stereocenters. The Hall–Kier alpha value is -0.670. The Morgan fingerprint density at radius 2 is 2.50 bits per heavy atom. The first kappa shape index (κ1) is 5.47. The van der Waals surface area contributed by atoms with Gasteiger partial charge in [-0.15, -0.1) is 0 Å². The molecule has 0 aromatic rings. The zero-order valence-corrected chi connectivity index (χ0v) is 4.41. The minimum Gasteiger partial charge on any atom is -0.372 e. The minimum atomic E-state index is -1.15. The largest absolute Gasteiger partial charge is 0.372 e. The molecule has 3 heteroatoms. The number of nitrogens with zero attached hydrogens (tertiary/aromatic N) is 1. The second-order valence-electron chi connectivity index (χ2n) is 1.84. The quantitative estimate of drug-likeness (QED) is 0.420. The fraction of sp³-hybridized carbons (Fsp3) is 0.400. The van der Waals surface area contributed by atoms with Crippen LogP contribution in [-0.2, 0) is 0 Å². The number of nitrogens with two attached hydrogens (primary N) is 1. The van der Waals surface area contributed by atoms with Crippen molar-refractivity contribution in [2.75, 3.05) is 0 Å². The van der Waals surface area contributed by atoms with Crippen LogP contribution < -0.4 is 5.73 Å². The van der Waals surface area contributed by atoms with Crippen molar-refractivity contribution in [2.24, 2.45) is 10.7 Å². The lowest BCUT2D eigenvalue weighted by atomic mass is 10.1. The SMILES string of the molecule is NC1(O)C=CN=CC1. The van der Waals surface area contributed by atoms with E-state index in [9.17, 15) is 0 Å². The summed E-state index contributed by atoms with van der Waals surface area (Å²) in [6.45, 7) is 0. The summed E-state index contributed by atoms with van der Waals surface area (Å²) < 4.78 is 0. The summed E-state index contributed by atoms with van der Waals surface area (Å²) in [7, 11) is 0. The lowest BCUT2D eigenvalue weighted by Crippen LogP contribution is -2.38. The maximum Gasteiger partial charge on any atom is 0.139 e. The molecule has 0 saturated carbocycles. The van der Waals surface area contributed by atoms with Gasteiger partial charge in [-0.25, -0.2) is 0 Å². The standard InChI is InChI=1S/C5H8N2O/c6-5(8)1-3-7-4-2-5/h1,3-4,8H,2,6H2. The predicted octanol–water partition coefficient (Wildman–Crippen LogP) is -0.378. The molecule has 3 N–H and O–H groups in total. The summed E-state index contributed by atoms with van der Waals surface area (Å²) in [6.07, 6.45) is 4.94. The van der Waals surface area contributed by atoms with Gasteiger partial charge in [-0.05, 0) is 6.08 Å². The summed E-state index contributed by atoms with van der Waals surface area (Å²) in [6, 6.07) is 0. The van der Waals surface area contributed by atoms with Crippen LogP contribution >= 0.6 is 0 Å². The smallest absolute Gasteiger partial charge is 0.139 e. The zero-order chi connectivity index (χ0) is 6.04. The van der Waals surface area contributed by atoms with E-state index in [1.807, 2.05) is 0 Å². The third-order valence-electron chi connectivity index (χ3n) is 0.973. The van der Waals surface area contributed by atoms with E-state index in [-0.39, 0.29) is 0 Å². The summed E-state index contributed by atoms with van der Waals surface area (Å²) in [5, 5.41) is 8.97. The molecular formula is C5H8N2O. The summed E-state index contributed by atoms with van der Waals surface area (Å²) in [5.74, 6) is 0. The molecule has 0 aliphatic carbocycles. The molecule has 44 valence electrons. The van der Waals surface area contributed by atoms with Crippen molar-refractivity contribution in [3.05, 3.63) is 12.3 Å². The molecule has 0 saturated heterocycles. The Morgan fingerprint density at radius 3 is 2.75 bits per heavy atom. The Labute approximate surface area is 47.5 Å². The molecule has 0 aromatic heterocycles. The molecule has 1 heterocycles. The van der Waals surface area contributed by atoms with Crippen molar-refractivity contribution in [2.45, 2.75) is 12.1 Å².